The zero-order valence-electron chi connectivity index (χ0n) is 7.75. The molecule has 0 radical (unpaired) electrons. The molecule has 0 spiro atoms. The highest BCUT2D eigenvalue weighted by molar-refractivity contribution is 9.10. The number of rotatable bonds is 5. The van der Waals surface area contributed by atoms with E-state index in [-0.39, 0.29) is 4.66 Å². The average molecular weight is 258 g/mol. The van der Waals surface area contributed by atoms with Gasteiger partial charge < -0.3 is 0 Å². The predicted octanol–water partition coefficient (Wildman–Crippen LogP) is 1.65. The van der Waals surface area contributed by atoms with E-state index in [0.717, 1.165) is 6.42 Å². The molecule has 0 aromatic rings. The Labute approximate surface area is 83.3 Å². The molecule has 0 fully saturated rings. The lowest BCUT2D eigenvalue weighted by Crippen LogP contribution is -2.31. The third-order valence-corrected chi connectivity index (χ3v) is 4.99. The maximum Gasteiger partial charge on any atom is 0.223 e. The van der Waals surface area contributed by atoms with Crippen LogP contribution in [0.3, 0.4) is 0 Å². The summed E-state index contributed by atoms with van der Waals surface area (Å²) in [6.45, 7) is 4.70. The van der Waals surface area contributed by atoms with Crippen molar-refractivity contribution >= 4 is 26.0 Å². The van der Waals surface area contributed by atoms with Gasteiger partial charge in [-0.3, -0.25) is 0 Å². The Morgan fingerprint density at radius 1 is 1.50 bits per heavy atom. The van der Waals surface area contributed by atoms with E-state index in [0.29, 0.717) is 12.5 Å². The van der Waals surface area contributed by atoms with Crippen molar-refractivity contribution in [2.45, 2.75) is 20.3 Å². The van der Waals surface area contributed by atoms with Crippen LogP contribution in [0.2, 0.25) is 0 Å². The molecular weight excluding hydrogens is 242 g/mol. The van der Waals surface area contributed by atoms with Crippen LogP contribution < -0.4 is 0 Å². The Morgan fingerprint density at radius 3 is 2.33 bits per heavy atom. The van der Waals surface area contributed by atoms with Crippen LogP contribution in [0.25, 0.3) is 0 Å². The molecule has 0 N–H and O–H groups in total. The van der Waals surface area contributed by atoms with Gasteiger partial charge in [0.2, 0.25) is 10.0 Å². The average Bonchev–Trinajstić information content (AvgIpc) is 2.04. The van der Waals surface area contributed by atoms with E-state index in [9.17, 15) is 8.42 Å². The van der Waals surface area contributed by atoms with E-state index >= 15 is 0 Å². The lowest BCUT2D eigenvalue weighted by atomic mass is 10.1. The van der Waals surface area contributed by atoms with E-state index in [1.54, 1.807) is 7.05 Å². The Morgan fingerprint density at radius 2 is 2.00 bits per heavy atom. The summed E-state index contributed by atoms with van der Waals surface area (Å²) < 4.78 is 23.9. The number of nitrogens with zero attached hydrogens (tertiary/aromatic N) is 1. The number of sulfonamides is 1. The molecule has 0 heterocycles. The molecule has 74 valence electrons. The summed E-state index contributed by atoms with van der Waals surface area (Å²) in [5.74, 6) is 0.420. The van der Waals surface area contributed by atoms with Gasteiger partial charge >= 0.3 is 0 Å². The standard InChI is InChI=1S/C7H16BrNO2S/c1-4-7(2)5-9(3)12(10,11)6-8/h7H,4-6H2,1-3H3. The van der Waals surface area contributed by atoms with E-state index in [4.69, 9.17) is 0 Å². The van der Waals surface area contributed by atoms with Gasteiger partial charge in [-0.05, 0) is 5.92 Å². The maximum atomic E-state index is 11.2. The fourth-order valence-corrected chi connectivity index (χ4v) is 2.46. The van der Waals surface area contributed by atoms with Gasteiger partial charge in [-0.25, -0.2) is 12.7 Å². The molecule has 1 atom stereocenters. The summed E-state index contributed by atoms with van der Waals surface area (Å²) in [5.41, 5.74) is 0. The van der Waals surface area contributed by atoms with E-state index in [2.05, 4.69) is 22.9 Å². The van der Waals surface area contributed by atoms with Gasteiger partial charge in [-0.15, -0.1) is 0 Å². The van der Waals surface area contributed by atoms with Crippen LogP contribution in [0.5, 0.6) is 0 Å². The smallest absolute Gasteiger partial charge is 0.211 e. The zero-order chi connectivity index (χ0) is 9.78. The minimum atomic E-state index is -3.05. The number of hydrogen-bond donors (Lipinski definition) is 0. The molecule has 0 aromatic carbocycles. The van der Waals surface area contributed by atoms with Crippen molar-refractivity contribution in [1.29, 1.82) is 0 Å². The minimum absolute atomic E-state index is 0.00688. The molecule has 0 amide bonds. The molecule has 0 aliphatic heterocycles. The second-order valence-electron chi connectivity index (χ2n) is 3.01. The summed E-state index contributed by atoms with van der Waals surface area (Å²) in [6, 6.07) is 0. The number of halogens is 1. The number of alkyl halides is 1. The highest BCUT2D eigenvalue weighted by atomic mass is 79.9. The van der Waals surface area contributed by atoms with Crippen molar-refractivity contribution in [3.8, 4) is 0 Å². The first-order valence-electron chi connectivity index (χ1n) is 3.94. The van der Waals surface area contributed by atoms with Gasteiger partial charge in [-0.1, -0.05) is 36.2 Å². The van der Waals surface area contributed by atoms with E-state index in [1.165, 1.54) is 4.31 Å². The quantitative estimate of drug-likeness (QED) is 0.703. The lowest BCUT2D eigenvalue weighted by Gasteiger charge is -2.18. The van der Waals surface area contributed by atoms with E-state index < -0.39 is 10.0 Å². The topological polar surface area (TPSA) is 37.4 Å². The van der Waals surface area contributed by atoms with Crippen LogP contribution in [0.1, 0.15) is 20.3 Å². The minimum Gasteiger partial charge on any atom is -0.211 e. The molecule has 3 nitrogen and oxygen atoms in total. The van der Waals surface area contributed by atoms with Crippen molar-refractivity contribution in [1.82, 2.24) is 4.31 Å². The summed E-state index contributed by atoms with van der Waals surface area (Å²) in [7, 11) is -1.44. The molecule has 0 aliphatic carbocycles. The van der Waals surface area contributed by atoms with Crippen molar-refractivity contribution in [3.63, 3.8) is 0 Å². The van der Waals surface area contributed by atoms with Crippen LogP contribution in [0, 0.1) is 5.92 Å². The number of hydrogen-bond acceptors (Lipinski definition) is 2. The fourth-order valence-electron chi connectivity index (χ4n) is 0.765. The second-order valence-corrected chi connectivity index (χ2v) is 6.39. The summed E-state index contributed by atoms with van der Waals surface area (Å²) in [5, 5.41) is 0. The summed E-state index contributed by atoms with van der Waals surface area (Å²) in [4.78, 5) is 0. The fraction of sp³-hybridized carbons (Fsp3) is 1.00. The molecule has 0 aromatic heterocycles. The molecule has 0 saturated carbocycles. The van der Waals surface area contributed by atoms with Crippen LogP contribution in [-0.2, 0) is 10.0 Å². The monoisotopic (exact) mass is 257 g/mol. The largest absolute Gasteiger partial charge is 0.223 e. The molecule has 0 rings (SSSR count). The Hall–Kier alpha value is 0.390. The summed E-state index contributed by atoms with van der Waals surface area (Å²) >= 11 is 2.95. The summed E-state index contributed by atoms with van der Waals surface area (Å²) in [6.07, 6.45) is 1.00. The predicted molar refractivity (Wildman–Crippen MR) is 54.8 cm³/mol. The first kappa shape index (κ1) is 12.4. The van der Waals surface area contributed by atoms with E-state index in [1.807, 2.05) is 6.92 Å². The SMILES string of the molecule is CCC(C)CN(C)S(=O)(=O)CBr. The molecule has 5 heteroatoms. The highest BCUT2D eigenvalue weighted by Crippen LogP contribution is 2.08. The molecular formula is C7H16BrNO2S. The van der Waals surface area contributed by atoms with Gasteiger partial charge in [0, 0.05) is 13.6 Å². The van der Waals surface area contributed by atoms with Crippen molar-refractivity contribution in [2.75, 3.05) is 18.3 Å². The first-order valence-corrected chi connectivity index (χ1v) is 6.67. The molecule has 0 aliphatic rings. The normalized spacial score (nSPS) is 15.1. The second kappa shape index (κ2) is 5.19. The van der Waals surface area contributed by atoms with Crippen LogP contribution >= 0.6 is 15.9 Å². The zero-order valence-corrected chi connectivity index (χ0v) is 10.2. The first-order chi connectivity index (χ1) is 5.44. The van der Waals surface area contributed by atoms with Gasteiger partial charge in [0.15, 0.2) is 0 Å². The lowest BCUT2D eigenvalue weighted by molar-refractivity contribution is 0.396. The van der Waals surface area contributed by atoms with Crippen molar-refractivity contribution < 1.29 is 8.42 Å². The van der Waals surface area contributed by atoms with Crippen LogP contribution in [0.15, 0.2) is 0 Å². The van der Waals surface area contributed by atoms with Crippen LogP contribution in [0.4, 0.5) is 0 Å². The van der Waals surface area contributed by atoms with Gasteiger partial charge in [0.1, 0.15) is 4.66 Å². The van der Waals surface area contributed by atoms with Crippen LogP contribution in [-0.4, -0.2) is 31.0 Å². The Balaban J connectivity index is 4.13. The maximum absolute atomic E-state index is 11.2. The third-order valence-electron chi connectivity index (χ3n) is 1.88. The van der Waals surface area contributed by atoms with Gasteiger partial charge in [0.25, 0.3) is 0 Å². The molecule has 12 heavy (non-hydrogen) atoms. The van der Waals surface area contributed by atoms with Crippen molar-refractivity contribution in [3.05, 3.63) is 0 Å². The highest BCUT2D eigenvalue weighted by Gasteiger charge is 2.17. The van der Waals surface area contributed by atoms with Crippen molar-refractivity contribution in [2.24, 2.45) is 5.92 Å². The molecule has 1 unspecified atom stereocenters. The third kappa shape index (κ3) is 3.87. The molecule has 0 bridgehead atoms. The molecule has 0 saturated heterocycles. The van der Waals surface area contributed by atoms with Gasteiger partial charge in [-0.2, -0.15) is 0 Å². The Bertz CT molecular complexity index is 215. The van der Waals surface area contributed by atoms with Gasteiger partial charge in [0.05, 0.1) is 0 Å². The Kier molecular flexibility index (Phi) is 5.36.